The number of hydrogen-bond donors (Lipinski definition) is 2. The number of anilines is 3. The minimum absolute atomic E-state index is 0.0466. The summed E-state index contributed by atoms with van der Waals surface area (Å²) in [5, 5.41) is 4.24. The Morgan fingerprint density at radius 2 is 2.24 bits per heavy atom. The summed E-state index contributed by atoms with van der Waals surface area (Å²) >= 11 is 7.52. The number of ketones is 1. The molecule has 6 nitrogen and oxygen atoms in total. The molecule has 0 fully saturated rings. The van der Waals surface area contributed by atoms with Gasteiger partial charge in [-0.2, -0.15) is 0 Å². The number of halogens is 2. The Kier molecular flexibility index (Phi) is 4.80. The number of aryl methyl sites for hydroxylation is 1. The maximum atomic E-state index is 12.1. The third-order valence-electron chi connectivity index (χ3n) is 4.32. The molecular formula is C16H15BrIN5OS. The summed E-state index contributed by atoms with van der Waals surface area (Å²) in [5.41, 5.74) is 8.75. The van der Waals surface area contributed by atoms with E-state index < -0.39 is 0 Å². The third-order valence-corrected chi connectivity index (χ3v) is 7.12. The molecule has 25 heavy (non-hydrogen) atoms. The van der Waals surface area contributed by atoms with Crippen LogP contribution < -0.4 is 16.0 Å². The van der Waals surface area contributed by atoms with Crippen LogP contribution in [0, 0.1) is 3.57 Å². The molecule has 9 heteroatoms. The number of carbonyl (C=O) groups excluding carboxylic acids is 1. The van der Waals surface area contributed by atoms with E-state index in [1.54, 1.807) is 11.8 Å². The van der Waals surface area contributed by atoms with Gasteiger partial charge in [-0.25, -0.2) is 9.97 Å². The fourth-order valence-electron chi connectivity index (χ4n) is 3.12. The molecule has 0 saturated carbocycles. The Hall–Kier alpha value is -1.07. The Labute approximate surface area is 171 Å². The van der Waals surface area contributed by atoms with E-state index in [0.717, 1.165) is 49.4 Å². The van der Waals surface area contributed by atoms with E-state index in [4.69, 9.17) is 5.73 Å². The van der Waals surface area contributed by atoms with Crippen molar-refractivity contribution < 1.29 is 4.79 Å². The first-order valence-electron chi connectivity index (χ1n) is 7.80. The van der Waals surface area contributed by atoms with Gasteiger partial charge in [-0.3, -0.25) is 4.79 Å². The zero-order valence-corrected chi connectivity index (χ0v) is 17.7. The highest BCUT2D eigenvalue weighted by Gasteiger charge is 2.33. The van der Waals surface area contributed by atoms with Crippen molar-refractivity contribution in [2.75, 3.05) is 27.8 Å². The monoisotopic (exact) mass is 531 g/mol. The van der Waals surface area contributed by atoms with Gasteiger partial charge in [0.2, 0.25) is 0 Å². The number of benzene rings is 1. The summed E-state index contributed by atoms with van der Waals surface area (Å²) < 4.78 is 1.16. The number of carbonyl (C=O) groups is 1. The van der Waals surface area contributed by atoms with Crippen molar-refractivity contribution in [3.63, 3.8) is 0 Å². The molecule has 0 bridgehead atoms. The Bertz CT molecular complexity index is 865. The van der Waals surface area contributed by atoms with Gasteiger partial charge in [0.15, 0.2) is 22.9 Å². The van der Waals surface area contributed by atoms with Gasteiger partial charge >= 0.3 is 0 Å². The van der Waals surface area contributed by atoms with Crippen molar-refractivity contribution in [3.8, 4) is 0 Å². The highest BCUT2D eigenvalue weighted by Crippen LogP contribution is 2.43. The van der Waals surface area contributed by atoms with E-state index in [-0.39, 0.29) is 11.3 Å². The van der Waals surface area contributed by atoms with Crippen molar-refractivity contribution >= 4 is 73.4 Å². The number of nitrogens with two attached hydrogens (primary N) is 1. The summed E-state index contributed by atoms with van der Waals surface area (Å²) in [6.07, 6.45) is 2.96. The summed E-state index contributed by atoms with van der Waals surface area (Å²) in [4.78, 5) is 23.8. The number of hydrogen-bond acceptors (Lipinski definition) is 7. The molecule has 2 aromatic rings. The highest BCUT2D eigenvalue weighted by atomic mass is 127. The molecule has 1 unspecified atom stereocenters. The second kappa shape index (κ2) is 6.92. The summed E-state index contributed by atoms with van der Waals surface area (Å²) in [6.45, 7) is 0.786. The number of fused-ring (bicyclic) bond motifs is 2. The van der Waals surface area contributed by atoms with Crippen LogP contribution in [0.3, 0.4) is 0 Å². The van der Waals surface area contributed by atoms with Crippen molar-refractivity contribution in [2.45, 2.75) is 23.2 Å². The lowest BCUT2D eigenvalue weighted by molar-refractivity contribution is 0.0994. The van der Waals surface area contributed by atoms with Gasteiger partial charge in [0.1, 0.15) is 12.0 Å². The number of aromatic nitrogens is 2. The van der Waals surface area contributed by atoms with Crippen LogP contribution in [0.4, 0.5) is 17.3 Å². The molecule has 2 aliphatic rings. The summed E-state index contributed by atoms with van der Waals surface area (Å²) in [7, 11) is 0. The molecule has 1 atom stereocenters. The summed E-state index contributed by atoms with van der Waals surface area (Å²) in [6, 6.07) is 4.16. The van der Waals surface area contributed by atoms with Crippen molar-refractivity contribution in [3.05, 3.63) is 33.2 Å². The smallest absolute Gasteiger partial charge is 0.163 e. The number of Topliss-reactive ketones (excluding diaryl/α,β-unsaturated/α-hetero) is 1. The average molecular weight is 532 g/mol. The maximum Gasteiger partial charge on any atom is 0.163 e. The fraction of sp³-hybridized carbons (Fsp3) is 0.312. The minimum atomic E-state index is -0.0466. The Balaban J connectivity index is 1.66. The topological polar surface area (TPSA) is 84.1 Å². The molecule has 2 heterocycles. The number of alkyl halides is 1. The molecule has 130 valence electrons. The van der Waals surface area contributed by atoms with E-state index in [1.807, 2.05) is 6.07 Å². The molecule has 1 aromatic heterocycles. The lowest BCUT2D eigenvalue weighted by Gasteiger charge is -2.25. The number of nitrogens with zero attached hydrogens (tertiary/aromatic N) is 3. The summed E-state index contributed by atoms with van der Waals surface area (Å²) in [5.74, 6) is 1.51. The van der Waals surface area contributed by atoms with Crippen LogP contribution >= 0.6 is 50.3 Å². The van der Waals surface area contributed by atoms with Gasteiger partial charge in [0.25, 0.3) is 0 Å². The van der Waals surface area contributed by atoms with Crippen LogP contribution in [0.15, 0.2) is 23.4 Å². The quantitative estimate of drug-likeness (QED) is 0.461. The van der Waals surface area contributed by atoms with Gasteiger partial charge in [-0.05, 0) is 46.7 Å². The largest absolute Gasteiger partial charge is 0.382 e. The molecule has 1 aliphatic carbocycles. The number of rotatable bonds is 4. The molecule has 1 aliphatic heterocycles. The first-order chi connectivity index (χ1) is 12.1. The minimum Gasteiger partial charge on any atom is -0.382 e. The lowest BCUT2D eigenvalue weighted by atomic mass is 10.1. The van der Waals surface area contributed by atoms with Crippen LogP contribution in [0.5, 0.6) is 0 Å². The standard InChI is InChI=1S/C16H15BrIN5OS/c17-3-4-23-15-13(14(19)20-7-21-15)22-16(23)25-12-6-9-8(5-10(12)18)1-2-11(9)24/h5-7,16,22H,1-4H2,(H2,19,20,21). The third kappa shape index (κ3) is 3.10. The second-order valence-corrected chi connectivity index (χ2v) is 8.89. The zero-order valence-electron chi connectivity index (χ0n) is 13.1. The van der Waals surface area contributed by atoms with E-state index in [9.17, 15) is 4.79 Å². The molecule has 0 saturated heterocycles. The maximum absolute atomic E-state index is 12.1. The normalized spacial score (nSPS) is 18.2. The lowest BCUT2D eigenvalue weighted by Crippen LogP contribution is -2.34. The first kappa shape index (κ1) is 17.3. The Morgan fingerprint density at radius 3 is 3.04 bits per heavy atom. The molecule has 0 spiro atoms. The van der Waals surface area contributed by atoms with Crippen LogP contribution in [0.1, 0.15) is 22.3 Å². The van der Waals surface area contributed by atoms with Gasteiger partial charge in [-0.15, -0.1) is 0 Å². The Morgan fingerprint density at radius 1 is 1.40 bits per heavy atom. The van der Waals surface area contributed by atoms with Crippen molar-refractivity contribution in [1.29, 1.82) is 0 Å². The van der Waals surface area contributed by atoms with Crippen molar-refractivity contribution in [2.24, 2.45) is 0 Å². The second-order valence-electron chi connectivity index (χ2n) is 5.82. The molecule has 0 amide bonds. The van der Waals surface area contributed by atoms with Crippen LogP contribution in [-0.2, 0) is 6.42 Å². The number of nitrogens with one attached hydrogen (secondary N) is 1. The van der Waals surface area contributed by atoms with E-state index in [0.29, 0.717) is 12.2 Å². The van der Waals surface area contributed by atoms with Gasteiger partial charge in [0, 0.05) is 32.3 Å². The number of nitrogen functional groups attached to an aromatic ring is 1. The van der Waals surface area contributed by atoms with Gasteiger partial charge in [0.05, 0.1) is 0 Å². The molecule has 1 aromatic carbocycles. The van der Waals surface area contributed by atoms with Gasteiger partial charge in [-0.1, -0.05) is 27.7 Å². The van der Waals surface area contributed by atoms with Crippen LogP contribution in [0.2, 0.25) is 0 Å². The fourth-order valence-corrected chi connectivity index (χ4v) is 5.52. The SMILES string of the molecule is Nc1ncnc2c1NC(Sc1cc3c(cc1I)CCC3=O)N2CCBr. The number of thioether (sulfide) groups is 1. The van der Waals surface area contributed by atoms with E-state index >= 15 is 0 Å². The first-order valence-corrected chi connectivity index (χ1v) is 10.9. The average Bonchev–Trinajstić information content (AvgIpc) is 3.11. The highest BCUT2D eigenvalue weighted by molar-refractivity contribution is 14.1. The van der Waals surface area contributed by atoms with E-state index in [2.05, 4.69) is 64.8 Å². The molecule has 0 radical (unpaired) electrons. The van der Waals surface area contributed by atoms with E-state index in [1.165, 1.54) is 6.33 Å². The van der Waals surface area contributed by atoms with Crippen molar-refractivity contribution in [1.82, 2.24) is 9.97 Å². The molecule has 3 N–H and O–H groups in total. The molecule has 4 rings (SSSR count). The van der Waals surface area contributed by atoms with Gasteiger partial charge < -0.3 is 16.0 Å². The van der Waals surface area contributed by atoms with Crippen LogP contribution in [0.25, 0.3) is 0 Å². The predicted molar refractivity (Wildman–Crippen MR) is 113 cm³/mol. The van der Waals surface area contributed by atoms with Crippen LogP contribution in [-0.4, -0.2) is 33.1 Å². The predicted octanol–water partition coefficient (Wildman–Crippen LogP) is 3.50. The molecular weight excluding hydrogens is 517 g/mol. The zero-order chi connectivity index (χ0) is 17.6.